The zero-order valence-corrected chi connectivity index (χ0v) is 16.6. The molecule has 1 amide bonds. The van der Waals surface area contributed by atoms with Crippen LogP contribution in [0.4, 0.5) is 10.2 Å². The van der Waals surface area contributed by atoms with E-state index in [-0.39, 0.29) is 23.7 Å². The van der Waals surface area contributed by atoms with Gasteiger partial charge in [-0.1, -0.05) is 32.4 Å². The normalized spacial score (nSPS) is 11.3. The minimum Gasteiger partial charge on any atom is -0.484 e. The van der Waals surface area contributed by atoms with E-state index in [0.717, 1.165) is 5.69 Å². The van der Waals surface area contributed by atoms with E-state index in [4.69, 9.17) is 16.3 Å². The largest absolute Gasteiger partial charge is 0.484 e. The molecule has 0 aliphatic rings. The van der Waals surface area contributed by atoms with Crippen LogP contribution in [0.25, 0.3) is 5.69 Å². The van der Waals surface area contributed by atoms with Crippen LogP contribution in [-0.4, -0.2) is 22.3 Å². The van der Waals surface area contributed by atoms with Crippen LogP contribution in [0.2, 0.25) is 5.02 Å². The predicted octanol–water partition coefficient (Wildman–Crippen LogP) is 4.98. The first-order valence-electron chi connectivity index (χ1n) is 8.77. The highest BCUT2D eigenvalue weighted by Gasteiger charge is 2.21. The van der Waals surface area contributed by atoms with Crippen LogP contribution in [-0.2, 0) is 10.2 Å². The SMILES string of the molecule is CC(C)(C)c1cc(NC(=O)COc2ccc(Cl)cc2)n(-c2ccc(F)cc2)n1. The molecule has 1 N–H and O–H groups in total. The number of nitrogens with one attached hydrogen (secondary N) is 1. The molecule has 0 saturated carbocycles. The molecule has 0 fully saturated rings. The third kappa shape index (κ3) is 4.89. The molecule has 0 radical (unpaired) electrons. The van der Waals surface area contributed by atoms with Gasteiger partial charge in [-0.15, -0.1) is 0 Å². The average molecular weight is 402 g/mol. The predicted molar refractivity (Wildman–Crippen MR) is 108 cm³/mol. The first kappa shape index (κ1) is 19.9. The molecular weight excluding hydrogens is 381 g/mol. The number of hydrogen-bond acceptors (Lipinski definition) is 3. The summed E-state index contributed by atoms with van der Waals surface area (Å²) in [4.78, 5) is 12.4. The summed E-state index contributed by atoms with van der Waals surface area (Å²) in [6.07, 6.45) is 0. The molecule has 0 aliphatic heterocycles. The molecule has 3 rings (SSSR count). The lowest BCUT2D eigenvalue weighted by Gasteiger charge is -2.14. The van der Waals surface area contributed by atoms with Crippen LogP contribution in [0, 0.1) is 5.82 Å². The smallest absolute Gasteiger partial charge is 0.263 e. The van der Waals surface area contributed by atoms with Gasteiger partial charge in [0.05, 0.1) is 11.4 Å². The Balaban J connectivity index is 1.79. The van der Waals surface area contributed by atoms with Gasteiger partial charge in [0.2, 0.25) is 0 Å². The van der Waals surface area contributed by atoms with Gasteiger partial charge in [0, 0.05) is 16.5 Å². The standard InChI is InChI=1S/C21H21ClFN3O2/c1-21(2,3)18-12-19(26(25-18)16-8-6-15(23)7-9-16)24-20(27)13-28-17-10-4-14(22)5-11-17/h4-12H,13H2,1-3H3,(H,24,27). The highest BCUT2D eigenvalue weighted by atomic mass is 35.5. The van der Waals surface area contributed by atoms with Gasteiger partial charge in [0.25, 0.3) is 5.91 Å². The first-order valence-corrected chi connectivity index (χ1v) is 9.15. The number of aromatic nitrogens is 2. The van der Waals surface area contributed by atoms with E-state index >= 15 is 0 Å². The Bertz CT molecular complexity index is 961. The monoisotopic (exact) mass is 401 g/mol. The quantitative estimate of drug-likeness (QED) is 0.656. The summed E-state index contributed by atoms with van der Waals surface area (Å²) in [6.45, 7) is 5.92. The summed E-state index contributed by atoms with van der Waals surface area (Å²) in [5, 5.41) is 7.99. The number of rotatable bonds is 5. The van der Waals surface area contributed by atoms with Gasteiger partial charge in [-0.25, -0.2) is 9.07 Å². The molecule has 28 heavy (non-hydrogen) atoms. The molecule has 0 unspecified atom stereocenters. The van der Waals surface area contributed by atoms with Crippen molar-refractivity contribution in [2.75, 3.05) is 11.9 Å². The van der Waals surface area contributed by atoms with Crippen molar-refractivity contribution in [2.45, 2.75) is 26.2 Å². The van der Waals surface area contributed by atoms with Gasteiger partial charge in [0.15, 0.2) is 6.61 Å². The van der Waals surface area contributed by atoms with E-state index in [1.165, 1.54) is 12.1 Å². The molecule has 1 heterocycles. The summed E-state index contributed by atoms with van der Waals surface area (Å²) in [5.74, 6) is 0.357. The molecule has 0 spiro atoms. The molecule has 5 nitrogen and oxygen atoms in total. The maximum absolute atomic E-state index is 13.3. The van der Waals surface area contributed by atoms with Crippen molar-refractivity contribution in [3.05, 3.63) is 71.1 Å². The van der Waals surface area contributed by atoms with Gasteiger partial charge < -0.3 is 10.1 Å². The van der Waals surface area contributed by atoms with Crippen molar-refractivity contribution in [1.29, 1.82) is 0 Å². The van der Waals surface area contributed by atoms with Crippen molar-refractivity contribution in [3.63, 3.8) is 0 Å². The van der Waals surface area contributed by atoms with Crippen molar-refractivity contribution in [1.82, 2.24) is 9.78 Å². The number of nitrogens with zero attached hydrogens (tertiary/aromatic N) is 2. The number of carbonyl (C=O) groups excluding carboxylic acids is 1. The van der Waals surface area contributed by atoms with Gasteiger partial charge >= 0.3 is 0 Å². The van der Waals surface area contributed by atoms with Gasteiger partial charge in [0.1, 0.15) is 17.4 Å². The maximum Gasteiger partial charge on any atom is 0.263 e. The van der Waals surface area contributed by atoms with E-state index in [1.54, 1.807) is 41.1 Å². The van der Waals surface area contributed by atoms with E-state index in [1.807, 2.05) is 26.8 Å². The van der Waals surface area contributed by atoms with E-state index < -0.39 is 0 Å². The molecular formula is C21H21ClFN3O2. The maximum atomic E-state index is 13.3. The van der Waals surface area contributed by atoms with Crippen molar-refractivity contribution in [2.24, 2.45) is 0 Å². The lowest BCUT2D eigenvalue weighted by molar-refractivity contribution is -0.118. The highest BCUT2D eigenvalue weighted by Crippen LogP contribution is 2.26. The molecule has 1 aromatic heterocycles. The molecule has 3 aromatic rings. The van der Waals surface area contributed by atoms with E-state index in [9.17, 15) is 9.18 Å². The first-order chi connectivity index (χ1) is 13.2. The summed E-state index contributed by atoms with van der Waals surface area (Å²) >= 11 is 5.84. The van der Waals surface area contributed by atoms with Crippen LogP contribution in [0.3, 0.4) is 0 Å². The van der Waals surface area contributed by atoms with Crippen molar-refractivity contribution in [3.8, 4) is 11.4 Å². The molecule has 0 bridgehead atoms. The Morgan fingerprint density at radius 2 is 1.79 bits per heavy atom. The fourth-order valence-corrected chi connectivity index (χ4v) is 2.60. The molecule has 0 atom stereocenters. The number of halogens is 2. The summed E-state index contributed by atoms with van der Waals surface area (Å²) in [7, 11) is 0. The second-order valence-corrected chi connectivity index (χ2v) is 7.78. The van der Waals surface area contributed by atoms with E-state index in [0.29, 0.717) is 22.3 Å². The van der Waals surface area contributed by atoms with Gasteiger partial charge in [-0.05, 0) is 48.5 Å². The van der Waals surface area contributed by atoms with Crippen LogP contribution in [0.15, 0.2) is 54.6 Å². The van der Waals surface area contributed by atoms with Crippen molar-refractivity contribution < 1.29 is 13.9 Å². The number of ether oxygens (including phenoxy) is 1. The van der Waals surface area contributed by atoms with Crippen LogP contribution >= 0.6 is 11.6 Å². The number of amides is 1. The molecule has 146 valence electrons. The topological polar surface area (TPSA) is 56.1 Å². The third-order valence-corrected chi connectivity index (χ3v) is 4.25. The Kier molecular flexibility index (Phi) is 5.70. The molecule has 0 saturated heterocycles. The number of carbonyl (C=O) groups is 1. The second kappa shape index (κ2) is 8.02. The minimum atomic E-state index is -0.339. The molecule has 0 aliphatic carbocycles. The van der Waals surface area contributed by atoms with E-state index in [2.05, 4.69) is 10.4 Å². The summed E-state index contributed by atoms with van der Waals surface area (Å²) < 4.78 is 20.3. The van der Waals surface area contributed by atoms with Crippen LogP contribution < -0.4 is 10.1 Å². The lowest BCUT2D eigenvalue weighted by Crippen LogP contribution is -2.21. The zero-order valence-electron chi connectivity index (χ0n) is 15.9. The van der Waals surface area contributed by atoms with Crippen LogP contribution in [0.5, 0.6) is 5.75 Å². The third-order valence-electron chi connectivity index (χ3n) is 4.00. The highest BCUT2D eigenvalue weighted by molar-refractivity contribution is 6.30. The molecule has 7 heteroatoms. The van der Waals surface area contributed by atoms with Gasteiger partial charge in [-0.2, -0.15) is 5.10 Å². The number of hydrogen-bond donors (Lipinski definition) is 1. The Morgan fingerprint density at radius 3 is 2.39 bits per heavy atom. The number of benzene rings is 2. The Hall–Kier alpha value is -2.86. The molecule has 2 aromatic carbocycles. The summed E-state index contributed by atoms with van der Waals surface area (Å²) in [5.41, 5.74) is 1.22. The average Bonchev–Trinajstić information content (AvgIpc) is 3.06. The fraction of sp³-hybridized carbons (Fsp3) is 0.238. The fourth-order valence-electron chi connectivity index (χ4n) is 2.47. The van der Waals surface area contributed by atoms with Crippen molar-refractivity contribution >= 4 is 23.3 Å². The Labute approximate surface area is 168 Å². The number of anilines is 1. The van der Waals surface area contributed by atoms with Gasteiger partial charge in [-0.3, -0.25) is 4.79 Å². The zero-order chi connectivity index (χ0) is 20.3. The lowest BCUT2D eigenvalue weighted by atomic mass is 9.92. The second-order valence-electron chi connectivity index (χ2n) is 7.34. The summed E-state index contributed by atoms with van der Waals surface area (Å²) in [6, 6.07) is 14.5. The van der Waals surface area contributed by atoms with Crippen LogP contribution in [0.1, 0.15) is 26.5 Å². The minimum absolute atomic E-state index is 0.166. The Morgan fingerprint density at radius 1 is 1.14 bits per heavy atom.